The highest BCUT2D eigenvalue weighted by atomic mass is 16.5. The summed E-state index contributed by atoms with van der Waals surface area (Å²) in [5.74, 6) is -0.748. The zero-order valence-electron chi connectivity index (χ0n) is 28.4. The van der Waals surface area contributed by atoms with Gasteiger partial charge in [-0.1, -0.05) is 47.1 Å². The van der Waals surface area contributed by atoms with E-state index < -0.39 is 17.4 Å². The van der Waals surface area contributed by atoms with E-state index in [4.69, 9.17) is 4.74 Å². The maximum Gasteiger partial charge on any atom is 0.328 e. The number of hydrogen-bond donors (Lipinski definition) is 1. The molecule has 7 nitrogen and oxygen atoms in total. The Morgan fingerprint density at radius 1 is 0.909 bits per heavy atom. The second-order valence-corrected chi connectivity index (χ2v) is 17.7. The fourth-order valence-corrected chi connectivity index (χ4v) is 12.4. The molecule has 0 bridgehead atoms. The summed E-state index contributed by atoms with van der Waals surface area (Å²) in [5.41, 5.74) is -0.456. The van der Waals surface area contributed by atoms with Gasteiger partial charge in [0.05, 0.1) is 12.5 Å². The molecule has 0 aromatic heterocycles. The lowest BCUT2D eigenvalue weighted by Gasteiger charge is -2.70. The number of hydrogen-bond acceptors (Lipinski definition) is 5. The van der Waals surface area contributed by atoms with Crippen molar-refractivity contribution < 1.29 is 29.0 Å². The number of carbonyl (C=O) groups excluding carboxylic acids is 3. The molecule has 6 rings (SSSR count). The van der Waals surface area contributed by atoms with Crippen LogP contribution >= 0.6 is 0 Å². The Morgan fingerprint density at radius 2 is 1.59 bits per heavy atom. The van der Waals surface area contributed by atoms with Crippen LogP contribution < -0.4 is 0 Å². The molecule has 10 atom stereocenters. The fraction of sp³-hybridized carbons (Fsp3) is 0.838. The van der Waals surface area contributed by atoms with E-state index in [1.54, 1.807) is 4.90 Å². The Labute approximate surface area is 263 Å². The summed E-state index contributed by atoms with van der Waals surface area (Å²) in [5, 5.41) is 10.2. The van der Waals surface area contributed by atoms with E-state index in [9.17, 15) is 24.3 Å². The summed E-state index contributed by atoms with van der Waals surface area (Å²) in [6.45, 7) is 16.4. The van der Waals surface area contributed by atoms with Crippen molar-refractivity contribution in [3.05, 3.63) is 11.6 Å². The minimum atomic E-state index is -0.759. The summed E-state index contributed by atoms with van der Waals surface area (Å²) in [6, 6.07) is -0.491. The predicted molar refractivity (Wildman–Crippen MR) is 167 cm³/mol. The largest absolute Gasteiger partial charge is 0.481 e. The summed E-state index contributed by atoms with van der Waals surface area (Å²) in [6.07, 6.45) is 11.2. The first-order valence-electron chi connectivity index (χ1n) is 17.3. The van der Waals surface area contributed by atoms with Gasteiger partial charge in [-0.2, -0.15) is 0 Å². The summed E-state index contributed by atoms with van der Waals surface area (Å²) in [7, 11) is 1.39. The number of carboxylic acids is 1. The maximum atomic E-state index is 14.6. The lowest BCUT2D eigenvalue weighted by atomic mass is 9.33. The number of esters is 1. The van der Waals surface area contributed by atoms with Crippen molar-refractivity contribution in [2.24, 2.45) is 56.2 Å². The van der Waals surface area contributed by atoms with E-state index in [-0.39, 0.29) is 68.4 Å². The smallest absolute Gasteiger partial charge is 0.328 e. The molecule has 1 unspecified atom stereocenters. The Bertz CT molecular complexity index is 1320. The Kier molecular flexibility index (Phi) is 7.16. The van der Waals surface area contributed by atoms with Crippen molar-refractivity contribution in [2.75, 3.05) is 13.7 Å². The first-order chi connectivity index (χ1) is 20.4. The highest BCUT2D eigenvalue weighted by Gasteiger charge is 2.70. The van der Waals surface area contributed by atoms with Gasteiger partial charge < -0.3 is 14.7 Å². The van der Waals surface area contributed by atoms with E-state index in [1.165, 1.54) is 12.7 Å². The van der Waals surface area contributed by atoms with E-state index in [0.29, 0.717) is 32.2 Å². The van der Waals surface area contributed by atoms with Crippen LogP contribution in [0.25, 0.3) is 0 Å². The number of rotatable bonds is 3. The molecule has 1 aliphatic heterocycles. The molecule has 244 valence electrons. The summed E-state index contributed by atoms with van der Waals surface area (Å²) in [4.78, 5) is 55.5. The third kappa shape index (κ3) is 4.04. The third-order valence-corrected chi connectivity index (χ3v) is 15.4. The Morgan fingerprint density at radius 3 is 2.25 bits per heavy atom. The predicted octanol–water partition coefficient (Wildman–Crippen LogP) is 6.83. The van der Waals surface area contributed by atoms with Gasteiger partial charge in [0.25, 0.3) is 0 Å². The van der Waals surface area contributed by atoms with Crippen LogP contribution in [0.15, 0.2) is 11.6 Å². The highest BCUT2D eigenvalue weighted by molar-refractivity contribution is 5.96. The van der Waals surface area contributed by atoms with Crippen molar-refractivity contribution >= 4 is 23.6 Å². The van der Waals surface area contributed by atoms with E-state index >= 15 is 0 Å². The molecule has 1 heterocycles. The molecule has 1 saturated heterocycles. The Balaban J connectivity index is 1.35. The molecule has 0 aromatic carbocycles. The molecule has 1 N–H and O–H groups in total. The molecule has 0 spiro atoms. The summed E-state index contributed by atoms with van der Waals surface area (Å²) < 4.78 is 5.05. The molecule has 0 radical (unpaired) electrons. The lowest BCUT2D eigenvalue weighted by molar-refractivity contribution is -0.197. The minimum absolute atomic E-state index is 0.0307. The molecular weight excluding hydrogens is 554 g/mol. The summed E-state index contributed by atoms with van der Waals surface area (Å²) >= 11 is 0. The number of carbonyl (C=O) groups is 4. The zero-order chi connectivity index (χ0) is 32.3. The molecule has 5 aliphatic carbocycles. The third-order valence-electron chi connectivity index (χ3n) is 15.4. The number of likely N-dealkylation sites (tertiary alicyclic amines) is 1. The van der Waals surface area contributed by atoms with Crippen LogP contribution in [0.1, 0.15) is 119 Å². The zero-order valence-corrected chi connectivity index (χ0v) is 28.4. The number of allylic oxidation sites excluding steroid dienone is 2. The van der Waals surface area contributed by atoms with Gasteiger partial charge in [-0.25, -0.2) is 4.79 Å². The molecule has 7 heteroatoms. The molecule has 1 amide bonds. The van der Waals surface area contributed by atoms with Crippen LogP contribution in [0.2, 0.25) is 0 Å². The number of carboxylic acid groups (broad SMARTS) is 1. The normalized spacial score (nSPS) is 47.8. The first-order valence-corrected chi connectivity index (χ1v) is 17.3. The van der Waals surface area contributed by atoms with Gasteiger partial charge >= 0.3 is 11.9 Å². The SMILES string of the molecule is COC(=O)C1CCCN1C(=O)[C@H]1CC[C@]2(C)[C@H]3C(=O)C=C4[C@@H]5C[C@@](C)(C(=O)O)CC[C@]5(C)CC[C@@]4(C)[C@]3(C)CC[C@H]2C1(C)C. The van der Waals surface area contributed by atoms with Gasteiger partial charge in [0.15, 0.2) is 5.78 Å². The van der Waals surface area contributed by atoms with Crippen LogP contribution in [0.4, 0.5) is 0 Å². The van der Waals surface area contributed by atoms with Crippen LogP contribution in [-0.2, 0) is 23.9 Å². The van der Waals surface area contributed by atoms with Gasteiger partial charge in [-0.3, -0.25) is 14.4 Å². The lowest BCUT2D eigenvalue weighted by Crippen LogP contribution is -2.66. The number of fused-ring (bicyclic) bond motifs is 7. The molecular formula is C37H55NO6. The molecule has 0 aromatic rings. The molecule has 5 fully saturated rings. The van der Waals surface area contributed by atoms with Crippen LogP contribution in [0, 0.1) is 56.2 Å². The average Bonchev–Trinajstić information content (AvgIpc) is 3.44. The molecule has 6 aliphatic rings. The number of ether oxygens (including phenoxy) is 1. The maximum absolute atomic E-state index is 14.6. The van der Waals surface area contributed by atoms with Crippen molar-refractivity contribution in [1.29, 1.82) is 0 Å². The van der Waals surface area contributed by atoms with Gasteiger partial charge in [-0.05, 0) is 123 Å². The number of methoxy groups -OCH3 is 1. The van der Waals surface area contributed by atoms with Gasteiger partial charge in [0.1, 0.15) is 6.04 Å². The van der Waals surface area contributed by atoms with Gasteiger partial charge in [0, 0.05) is 18.4 Å². The van der Waals surface area contributed by atoms with Gasteiger partial charge in [-0.15, -0.1) is 0 Å². The van der Waals surface area contributed by atoms with Crippen molar-refractivity contribution in [2.45, 2.75) is 125 Å². The second kappa shape index (κ2) is 9.91. The van der Waals surface area contributed by atoms with Crippen molar-refractivity contribution in [3.8, 4) is 0 Å². The second-order valence-electron chi connectivity index (χ2n) is 17.7. The van der Waals surface area contributed by atoms with Crippen LogP contribution in [0.3, 0.4) is 0 Å². The number of ketones is 1. The van der Waals surface area contributed by atoms with Crippen LogP contribution in [-0.4, -0.2) is 53.3 Å². The fourth-order valence-electron chi connectivity index (χ4n) is 12.4. The molecule has 4 saturated carbocycles. The topological polar surface area (TPSA) is 101 Å². The first kappa shape index (κ1) is 31.8. The number of amides is 1. The molecule has 44 heavy (non-hydrogen) atoms. The quantitative estimate of drug-likeness (QED) is 0.352. The number of aliphatic carboxylic acids is 1. The monoisotopic (exact) mass is 609 g/mol. The van der Waals surface area contributed by atoms with Crippen molar-refractivity contribution in [1.82, 2.24) is 4.90 Å². The highest BCUT2D eigenvalue weighted by Crippen LogP contribution is 2.75. The van der Waals surface area contributed by atoms with Crippen LogP contribution in [0.5, 0.6) is 0 Å². The minimum Gasteiger partial charge on any atom is -0.481 e. The van der Waals surface area contributed by atoms with Crippen molar-refractivity contribution in [3.63, 3.8) is 0 Å². The standard InChI is InChI=1S/C37H55NO6/c1-32(2)22(29(40)38-19-9-10-25(38)30(41)44-8)11-13-35(5)27(32)12-14-37(7)28(35)26(39)20-23-24-21-34(4,31(42)43)16-15-33(24,3)17-18-36(23,37)6/h20,22,24-25,27-28H,9-19,21H2,1-8H3,(H,42,43)/t22-,24+,25?,27+,28-,33-,34+,35+,36-,37-/m1/s1. The number of nitrogens with zero attached hydrogens (tertiary/aromatic N) is 1. The van der Waals surface area contributed by atoms with Gasteiger partial charge in [0.2, 0.25) is 5.91 Å². The van der Waals surface area contributed by atoms with E-state index in [2.05, 4.69) is 41.5 Å². The van der Waals surface area contributed by atoms with E-state index in [1.807, 2.05) is 13.0 Å². The van der Waals surface area contributed by atoms with E-state index in [0.717, 1.165) is 44.9 Å². The Hall–Kier alpha value is -2.18. The average molecular weight is 610 g/mol.